The number of benzene rings is 2. The van der Waals surface area contributed by atoms with Crippen molar-refractivity contribution in [1.82, 2.24) is 4.72 Å². The molecule has 1 aliphatic rings. The molecule has 0 unspecified atom stereocenters. The number of rotatable bonds is 8. The molecule has 1 fully saturated rings. The molecule has 0 saturated carbocycles. The maximum Gasteiger partial charge on any atom is 0.293 e. The summed E-state index contributed by atoms with van der Waals surface area (Å²) < 4.78 is 34.0. The van der Waals surface area contributed by atoms with Crippen molar-refractivity contribution in [3.63, 3.8) is 0 Å². The fourth-order valence-electron chi connectivity index (χ4n) is 3.87. The molecule has 0 aliphatic carbocycles. The van der Waals surface area contributed by atoms with E-state index >= 15 is 0 Å². The van der Waals surface area contributed by atoms with Crippen LogP contribution < -0.4 is 9.62 Å². The lowest BCUT2D eigenvalue weighted by atomic mass is 9.93. The second-order valence-electron chi connectivity index (χ2n) is 8.31. The second-order valence-corrected chi connectivity index (χ2v) is 10.0. The highest BCUT2D eigenvalue weighted by Crippen LogP contribution is 2.36. The standard InChI is InChI=1S/C22H29N3O6S/c1-16-11-19(24-9-7-22(2,31-3)8-10-24)20(25(27)28)13-21(16)32(29,30)23-14-17-5-4-6-18(12-17)15-26/h4-6,11-13,23,26H,7-10,14-15H2,1-3H3. The van der Waals surface area contributed by atoms with Crippen molar-refractivity contribution in [3.8, 4) is 0 Å². The Labute approximate surface area is 188 Å². The van der Waals surface area contributed by atoms with Gasteiger partial charge in [-0.25, -0.2) is 13.1 Å². The maximum atomic E-state index is 13.0. The van der Waals surface area contributed by atoms with E-state index in [1.54, 1.807) is 44.4 Å². The fraction of sp³-hybridized carbons (Fsp3) is 0.455. The third-order valence-corrected chi connectivity index (χ3v) is 7.60. The molecule has 10 heteroatoms. The number of anilines is 1. The van der Waals surface area contributed by atoms with Gasteiger partial charge in [-0.1, -0.05) is 24.3 Å². The molecule has 0 atom stereocenters. The number of hydrogen-bond donors (Lipinski definition) is 2. The first-order chi connectivity index (χ1) is 15.1. The summed E-state index contributed by atoms with van der Waals surface area (Å²) in [5.41, 5.74) is 1.70. The van der Waals surface area contributed by atoms with Gasteiger partial charge < -0.3 is 14.7 Å². The fourth-order valence-corrected chi connectivity index (χ4v) is 5.13. The van der Waals surface area contributed by atoms with Crippen LogP contribution in [0.1, 0.15) is 36.5 Å². The van der Waals surface area contributed by atoms with Gasteiger partial charge in [-0.15, -0.1) is 0 Å². The Morgan fingerprint density at radius 1 is 1.22 bits per heavy atom. The average molecular weight is 464 g/mol. The lowest BCUT2D eigenvalue weighted by Gasteiger charge is -2.39. The van der Waals surface area contributed by atoms with Crippen LogP contribution in [0.3, 0.4) is 0 Å². The summed E-state index contributed by atoms with van der Waals surface area (Å²) in [5.74, 6) is 0. The Bertz CT molecular complexity index is 1090. The predicted molar refractivity (Wildman–Crippen MR) is 121 cm³/mol. The van der Waals surface area contributed by atoms with E-state index in [-0.39, 0.29) is 29.3 Å². The van der Waals surface area contributed by atoms with Gasteiger partial charge in [-0.05, 0) is 49.4 Å². The molecule has 2 N–H and O–H groups in total. The third-order valence-electron chi connectivity index (χ3n) is 6.05. The van der Waals surface area contributed by atoms with Crippen molar-refractivity contribution >= 4 is 21.4 Å². The van der Waals surface area contributed by atoms with Gasteiger partial charge in [0, 0.05) is 32.8 Å². The Hall–Kier alpha value is -2.53. The van der Waals surface area contributed by atoms with Crippen molar-refractivity contribution < 1.29 is 23.2 Å². The van der Waals surface area contributed by atoms with Crippen molar-refractivity contribution in [2.24, 2.45) is 0 Å². The molecule has 0 bridgehead atoms. The second kappa shape index (κ2) is 9.53. The van der Waals surface area contributed by atoms with Gasteiger partial charge in [0.1, 0.15) is 5.69 Å². The van der Waals surface area contributed by atoms with Gasteiger partial charge >= 0.3 is 0 Å². The topological polar surface area (TPSA) is 122 Å². The van der Waals surface area contributed by atoms with E-state index in [2.05, 4.69) is 4.72 Å². The number of piperidine rings is 1. The zero-order chi connectivity index (χ0) is 23.5. The summed E-state index contributed by atoms with van der Waals surface area (Å²) in [5, 5.41) is 21.1. The summed E-state index contributed by atoms with van der Waals surface area (Å²) in [6, 6.07) is 9.62. The summed E-state index contributed by atoms with van der Waals surface area (Å²) >= 11 is 0. The zero-order valence-corrected chi connectivity index (χ0v) is 19.3. The number of methoxy groups -OCH3 is 1. The van der Waals surface area contributed by atoms with Crippen LogP contribution in [0.4, 0.5) is 11.4 Å². The molecule has 0 amide bonds. The van der Waals surface area contributed by atoms with Crippen LogP contribution in [0.25, 0.3) is 0 Å². The van der Waals surface area contributed by atoms with Crippen molar-refractivity contribution in [2.45, 2.75) is 50.3 Å². The Morgan fingerprint density at radius 3 is 2.47 bits per heavy atom. The number of nitrogens with zero attached hydrogens (tertiary/aromatic N) is 2. The Balaban J connectivity index is 1.87. The van der Waals surface area contributed by atoms with E-state index < -0.39 is 14.9 Å². The van der Waals surface area contributed by atoms with Crippen LogP contribution in [0.5, 0.6) is 0 Å². The first-order valence-electron chi connectivity index (χ1n) is 10.4. The number of aliphatic hydroxyl groups excluding tert-OH is 1. The molecule has 0 radical (unpaired) electrons. The first-order valence-corrected chi connectivity index (χ1v) is 11.8. The lowest BCUT2D eigenvalue weighted by molar-refractivity contribution is -0.384. The molecule has 2 aromatic carbocycles. The van der Waals surface area contributed by atoms with Crippen LogP contribution >= 0.6 is 0 Å². The number of aliphatic hydroxyl groups is 1. The van der Waals surface area contributed by atoms with E-state index in [0.29, 0.717) is 48.3 Å². The van der Waals surface area contributed by atoms with Crippen molar-refractivity contribution in [3.05, 3.63) is 63.2 Å². The Kier molecular flexibility index (Phi) is 7.19. The normalized spacial score (nSPS) is 16.2. The highest BCUT2D eigenvalue weighted by atomic mass is 32.2. The number of nitrogens with one attached hydrogen (secondary N) is 1. The molecule has 3 rings (SSSR count). The molecule has 1 saturated heterocycles. The smallest absolute Gasteiger partial charge is 0.293 e. The largest absolute Gasteiger partial charge is 0.392 e. The lowest BCUT2D eigenvalue weighted by Crippen LogP contribution is -2.44. The molecule has 1 heterocycles. The van der Waals surface area contributed by atoms with Gasteiger partial charge in [-0.3, -0.25) is 10.1 Å². The number of nitro groups is 1. The van der Waals surface area contributed by atoms with E-state index in [0.717, 1.165) is 6.07 Å². The quantitative estimate of drug-likeness (QED) is 0.456. The number of nitro benzene ring substituents is 1. The minimum Gasteiger partial charge on any atom is -0.392 e. The predicted octanol–water partition coefficient (Wildman–Crippen LogP) is 2.88. The number of sulfonamides is 1. The minimum absolute atomic E-state index is 0.00683. The summed E-state index contributed by atoms with van der Waals surface area (Å²) in [7, 11) is -2.33. The maximum absolute atomic E-state index is 13.0. The number of ether oxygens (including phenoxy) is 1. The van der Waals surface area contributed by atoms with Gasteiger partial charge in [-0.2, -0.15) is 0 Å². The van der Waals surface area contributed by atoms with Crippen LogP contribution in [-0.2, 0) is 27.9 Å². The molecular weight excluding hydrogens is 434 g/mol. The highest BCUT2D eigenvalue weighted by molar-refractivity contribution is 7.89. The summed E-state index contributed by atoms with van der Waals surface area (Å²) in [4.78, 5) is 13.1. The van der Waals surface area contributed by atoms with Crippen LogP contribution in [0, 0.1) is 17.0 Å². The number of aryl methyl sites for hydroxylation is 1. The van der Waals surface area contributed by atoms with E-state index in [1.165, 1.54) is 0 Å². The van der Waals surface area contributed by atoms with E-state index in [9.17, 15) is 23.6 Å². The van der Waals surface area contributed by atoms with Crippen LogP contribution in [0.15, 0.2) is 41.3 Å². The van der Waals surface area contributed by atoms with E-state index in [1.807, 2.05) is 11.8 Å². The molecule has 1 aliphatic heterocycles. The zero-order valence-electron chi connectivity index (χ0n) is 18.5. The number of hydrogen-bond acceptors (Lipinski definition) is 7. The average Bonchev–Trinajstić information content (AvgIpc) is 2.78. The van der Waals surface area contributed by atoms with Crippen LogP contribution in [-0.4, -0.2) is 44.2 Å². The molecule has 0 aromatic heterocycles. The molecule has 0 spiro atoms. The summed E-state index contributed by atoms with van der Waals surface area (Å²) in [6.45, 7) is 4.67. The van der Waals surface area contributed by atoms with Crippen molar-refractivity contribution in [2.75, 3.05) is 25.1 Å². The van der Waals surface area contributed by atoms with Gasteiger partial charge in [0.15, 0.2) is 0 Å². The molecule has 32 heavy (non-hydrogen) atoms. The van der Waals surface area contributed by atoms with Gasteiger partial charge in [0.05, 0.1) is 22.0 Å². The third kappa shape index (κ3) is 5.26. The van der Waals surface area contributed by atoms with Gasteiger partial charge in [0.25, 0.3) is 5.69 Å². The minimum atomic E-state index is -3.99. The molecular formula is C22H29N3O6S. The summed E-state index contributed by atoms with van der Waals surface area (Å²) in [6.07, 6.45) is 1.43. The highest BCUT2D eigenvalue weighted by Gasteiger charge is 2.33. The molecule has 2 aromatic rings. The van der Waals surface area contributed by atoms with Crippen molar-refractivity contribution in [1.29, 1.82) is 0 Å². The molecule has 174 valence electrons. The van der Waals surface area contributed by atoms with E-state index in [4.69, 9.17) is 4.74 Å². The monoisotopic (exact) mass is 463 g/mol. The van der Waals surface area contributed by atoms with Gasteiger partial charge in [0.2, 0.25) is 10.0 Å². The first kappa shape index (κ1) is 24.1. The SMILES string of the molecule is COC1(C)CCN(c2cc(C)c(S(=O)(=O)NCc3cccc(CO)c3)cc2[N+](=O)[O-])CC1. The van der Waals surface area contributed by atoms with Crippen LogP contribution in [0.2, 0.25) is 0 Å². The Morgan fingerprint density at radius 2 is 1.88 bits per heavy atom. The molecule has 9 nitrogen and oxygen atoms in total.